The van der Waals surface area contributed by atoms with Crippen molar-refractivity contribution in [1.29, 1.82) is 0 Å². The van der Waals surface area contributed by atoms with Crippen LogP contribution in [-0.2, 0) is 11.3 Å². The number of morpholine rings is 1. The fourth-order valence-electron chi connectivity index (χ4n) is 4.13. The highest BCUT2D eigenvalue weighted by Crippen LogP contribution is 2.23. The summed E-state index contributed by atoms with van der Waals surface area (Å²) in [5.41, 5.74) is 10.1. The summed E-state index contributed by atoms with van der Waals surface area (Å²) in [6.45, 7) is 6.79. The van der Waals surface area contributed by atoms with E-state index in [1.165, 1.54) is 0 Å². The third kappa shape index (κ3) is 4.75. The van der Waals surface area contributed by atoms with Gasteiger partial charge in [-0.3, -0.25) is 9.80 Å². The highest BCUT2D eigenvalue weighted by atomic mass is 16.5. The van der Waals surface area contributed by atoms with Crippen LogP contribution in [0.3, 0.4) is 0 Å². The van der Waals surface area contributed by atoms with E-state index in [1.54, 1.807) is 23.3 Å². The number of hydrazone groups is 1. The lowest BCUT2D eigenvalue weighted by molar-refractivity contribution is 0.122. The number of nitrogens with zero attached hydrogens (tertiary/aromatic N) is 6. The Balaban J connectivity index is 1.46. The zero-order valence-corrected chi connectivity index (χ0v) is 19.0. The van der Waals surface area contributed by atoms with E-state index in [-0.39, 0.29) is 5.43 Å². The molecule has 5 rings (SSSR count). The number of nitrogens with two attached hydrogens (primary N) is 1. The summed E-state index contributed by atoms with van der Waals surface area (Å²) < 4.78 is 5.44. The van der Waals surface area contributed by atoms with Gasteiger partial charge in [-0.2, -0.15) is 5.10 Å². The van der Waals surface area contributed by atoms with Gasteiger partial charge in [-0.05, 0) is 28.1 Å². The molecular formula is C24H25N9O2. The number of tetrazole rings is 1. The molecule has 1 saturated heterocycles. The Kier molecular flexibility index (Phi) is 6.22. The minimum absolute atomic E-state index is 0.0627. The fourth-order valence-corrected chi connectivity index (χ4v) is 4.13. The first-order valence-electron chi connectivity index (χ1n) is 11.1. The van der Waals surface area contributed by atoms with Gasteiger partial charge in [0.25, 0.3) is 0 Å². The summed E-state index contributed by atoms with van der Waals surface area (Å²) in [5, 5.41) is 20.3. The lowest BCUT2D eigenvalue weighted by atomic mass is 10.1. The van der Waals surface area contributed by atoms with Crippen LogP contribution >= 0.6 is 0 Å². The number of fused-ring (bicyclic) bond motifs is 1. The Hall–Kier alpha value is -4.51. The maximum absolute atomic E-state index is 12.9. The van der Waals surface area contributed by atoms with Crippen LogP contribution in [0.2, 0.25) is 0 Å². The number of rotatable bonds is 7. The van der Waals surface area contributed by atoms with Gasteiger partial charge in [0.15, 0.2) is 11.3 Å². The number of ether oxygens (including phenoxy) is 1. The molecule has 11 nitrogen and oxygen atoms in total. The molecule has 178 valence electrons. The van der Waals surface area contributed by atoms with Crippen LogP contribution in [-0.4, -0.2) is 63.6 Å². The second-order valence-corrected chi connectivity index (χ2v) is 8.12. The normalized spacial score (nSPS) is 14.3. The maximum atomic E-state index is 12.9. The van der Waals surface area contributed by atoms with Gasteiger partial charge < -0.3 is 20.4 Å². The quantitative estimate of drug-likeness (QED) is 0.274. The molecule has 4 N–H and O–H groups in total. The second kappa shape index (κ2) is 9.77. The molecule has 1 fully saturated rings. The molecule has 4 aromatic rings. The van der Waals surface area contributed by atoms with Gasteiger partial charge in [0.2, 0.25) is 0 Å². The van der Waals surface area contributed by atoms with Crippen LogP contribution in [0, 0.1) is 0 Å². The minimum atomic E-state index is -0.0627. The van der Waals surface area contributed by atoms with Gasteiger partial charge >= 0.3 is 0 Å². The van der Waals surface area contributed by atoms with Crippen LogP contribution in [0.1, 0.15) is 11.1 Å². The summed E-state index contributed by atoms with van der Waals surface area (Å²) in [6.07, 6.45) is 1.71. The monoisotopic (exact) mass is 471 g/mol. The molecular weight excluding hydrogens is 446 g/mol. The first-order valence-corrected chi connectivity index (χ1v) is 11.1. The van der Waals surface area contributed by atoms with Crippen molar-refractivity contribution in [2.24, 2.45) is 10.8 Å². The number of hydrogen-bond donors (Lipinski definition) is 3. The summed E-state index contributed by atoms with van der Waals surface area (Å²) in [7, 11) is 0. The Bertz CT molecular complexity index is 1420. The van der Waals surface area contributed by atoms with Crippen molar-refractivity contribution in [2.75, 3.05) is 31.2 Å². The predicted molar refractivity (Wildman–Crippen MR) is 134 cm³/mol. The van der Waals surface area contributed by atoms with E-state index in [9.17, 15) is 4.79 Å². The van der Waals surface area contributed by atoms with Crippen molar-refractivity contribution >= 4 is 29.1 Å². The van der Waals surface area contributed by atoms with E-state index in [0.717, 1.165) is 16.9 Å². The van der Waals surface area contributed by atoms with Gasteiger partial charge in [0.05, 0.1) is 31.0 Å². The van der Waals surface area contributed by atoms with Crippen molar-refractivity contribution in [1.82, 2.24) is 30.6 Å². The number of nitrogens with one attached hydrogen (secondary N) is 2. The molecule has 0 amide bonds. The molecule has 0 bridgehead atoms. The van der Waals surface area contributed by atoms with Crippen LogP contribution in [0.5, 0.6) is 0 Å². The highest BCUT2D eigenvalue weighted by molar-refractivity contribution is 5.91. The first kappa shape index (κ1) is 22.3. The van der Waals surface area contributed by atoms with E-state index in [4.69, 9.17) is 10.5 Å². The molecule has 0 saturated carbocycles. The molecule has 1 aliphatic rings. The summed E-state index contributed by atoms with van der Waals surface area (Å²) in [6, 6.07) is 14.9. The molecule has 2 aromatic heterocycles. The average molecular weight is 472 g/mol. The number of benzene rings is 2. The molecule has 0 aliphatic carbocycles. The van der Waals surface area contributed by atoms with E-state index >= 15 is 0 Å². The van der Waals surface area contributed by atoms with Gasteiger partial charge in [-0.25, -0.2) is 5.10 Å². The largest absolute Gasteiger partial charge is 0.397 e. The topological polar surface area (TPSA) is 141 Å². The van der Waals surface area contributed by atoms with Crippen LogP contribution in [0.15, 0.2) is 64.6 Å². The van der Waals surface area contributed by atoms with Crippen molar-refractivity contribution in [2.45, 2.75) is 6.54 Å². The van der Waals surface area contributed by atoms with E-state index < -0.39 is 0 Å². The van der Waals surface area contributed by atoms with Crippen molar-refractivity contribution < 1.29 is 4.74 Å². The maximum Gasteiger partial charge on any atom is 0.191 e. The van der Waals surface area contributed by atoms with E-state index in [2.05, 4.69) is 42.3 Å². The Morgan fingerprint density at radius 3 is 2.83 bits per heavy atom. The smallest absolute Gasteiger partial charge is 0.191 e. The third-order valence-corrected chi connectivity index (χ3v) is 5.87. The zero-order valence-electron chi connectivity index (χ0n) is 19.0. The van der Waals surface area contributed by atoms with Gasteiger partial charge in [-0.15, -0.1) is 5.10 Å². The van der Waals surface area contributed by atoms with Crippen molar-refractivity contribution in [3.8, 4) is 11.4 Å². The number of para-hydroxylation sites is 1. The summed E-state index contributed by atoms with van der Waals surface area (Å²) >= 11 is 0. The van der Waals surface area contributed by atoms with E-state index in [0.29, 0.717) is 60.8 Å². The standard InChI is InChI=1S/C24H25N9O2/c1-26-33(14-16-4-2-5-17(12-16)24-28-30-31-29-24)15-20(25)18-6-3-7-19-21(34)13-22(27-23(18)19)32-8-10-35-11-9-32/h2-7,12-13,15H,1,8-11,14,25H2,(H,27,34)(H,28,29,30,31)/b20-15-. The van der Waals surface area contributed by atoms with Gasteiger partial charge in [0.1, 0.15) is 5.82 Å². The number of anilines is 1. The van der Waals surface area contributed by atoms with Gasteiger partial charge in [0, 0.05) is 48.6 Å². The predicted octanol–water partition coefficient (Wildman–Crippen LogP) is 1.92. The van der Waals surface area contributed by atoms with Crippen LogP contribution < -0.4 is 16.1 Å². The minimum Gasteiger partial charge on any atom is -0.397 e. The number of aromatic nitrogens is 5. The summed E-state index contributed by atoms with van der Waals surface area (Å²) in [4.78, 5) is 18.4. The number of hydrogen-bond acceptors (Lipinski definition) is 9. The molecule has 2 aromatic carbocycles. The highest BCUT2D eigenvalue weighted by Gasteiger charge is 2.16. The molecule has 3 heterocycles. The number of H-pyrrole nitrogens is 2. The van der Waals surface area contributed by atoms with Gasteiger partial charge in [-0.1, -0.05) is 30.3 Å². The van der Waals surface area contributed by atoms with Crippen LogP contribution in [0.4, 0.5) is 5.82 Å². The third-order valence-electron chi connectivity index (χ3n) is 5.87. The van der Waals surface area contributed by atoms with Crippen molar-refractivity contribution in [3.05, 3.63) is 76.1 Å². The lowest BCUT2D eigenvalue weighted by Gasteiger charge is -2.28. The average Bonchev–Trinajstić information content (AvgIpc) is 3.44. The van der Waals surface area contributed by atoms with Crippen LogP contribution in [0.25, 0.3) is 28.0 Å². The first-order chi connectivity index (χ1) is 17.1. The Morgan fingerprint density at radius 1 is 1.23 bits per heavy atom. The van der Waals surface area contributed by atoms with E-state index in [1.807, 2.05) is 36.4 Å². The Morgan fingerprint density at radius 2 is 2.06 bits per heavy atom. The summed E-state index contributed by atoms with van der Waals surface area (Å²) in [5.74, 6) is 1.33. The molecule has 0 atom stereocenters. The Labute approximate surface area is 200 Å². The molecule has 0 unspecified atom stereocenters. The number of pyridine rings is 1. The zero-order chi connectivity index (χ0) is 24.2. The van der Waals surface area contributed by atoms with Crippen molar-refractivity contribution in [3.63, 3.8) is 0 Å². The molecule has 0 radical (unpaired) electrons. The SMILES string of the molecule is C=NN(/C=C(\N)c1cccc2c(=O)cc(N3CCOCC3)[nH]c12)Cc1cccc(-c2nnn[nH]2)c1. The molecule has 35 heavy (non-hydrogen) atoms. The molecule has 11 heteroatoms. The second-order valence-electron chi connectivity index (χ2n) is 8.12. The fraction of sp³-hybridized carbons (Fsp3) is 0.208. The lowest BCUT2D eigenvalue weighted by Crippen LogP contribution is -2.37. The number of aromatic amines is 2. The molecule has 1 aliphatic heterocycles. The molecule has 0 spiro atoms.